The van der Waals surface area contributed by atoms with Crippen LogP contribution in [0.4, 0.5) is 13.2 Å². The van der Waals surface area contributed by atoms with E-state index >= 15 is 0 Å². The highest BCUT2D eigenvalue weighted by atomic mass is 19.4. The average molecular weight is 285 g/mol. The van der Waals surface area contributed by atoms with E-state index in [0.717, 1.165) is 0 Å². The predicted molar refractivity (Wildman–Crippen MR) is 64.1 cm³/mol. The van der Waals surface area contributed by atoms with Crippen LogP contribution in [0.25, 0.3) is 11.3 Å². The molecule has 1 aromatic carbocycles. The van der Waals surface area contributed by atoms with Gasteiger partial charge < -0.3 is 10.4 Å². The van der Waals surface area contributed by atoms with Crippen molar-refractivity contribution in [3.05, 3.63) is 36.0 Å². The number of carbonyl (C=O) groups excluding carboxylic acids is 1. The van der Waals surface area contributed by atoms with Gasteiger partial charge in [0, 0.05) is 5.56 Å². The van der Waals surface area contributed by atoms with Crippen molar-refractivity contribution in [1.82, 2.24) is 15.5 Å². The zero-order valence-electron chi connectivity index (χ0n) is 10.0. The van der Waals surface area contributed by atoms with Gasteiger partial charge in [-0.25, -0.2) is 0 Å². The van der Waals surface area contributed by atoms with Gasteiger partial charge in [-0.2, -0.15) is 18.3 Å². The molecule has 5 nitrogen and oxygen atoms in total. The van der Waals surface area contributed by atoms with Crippen LogP contribution in [-0.4, -0.2) is 33.9 Å². The van der Waals surface area contributed by atoms with Gasteiger partial charge in [0.15, 0.2) is 0 Å². The summed E-state index contributed by atoms with van der Waals surface area (Å²) in [6.45, 7) is -1.42. The third kappa shape index (κ3) is 3.28. The zero-order chi connectivity index (χ0) is 14.8. The highest BCUT2D eigenvalue weighted by Crippen LogP contribution is 2.27. The minimum Gasteiger partial charge on any atom is -0.507 e. The molecule has 0 aliphatic heterocycles. The molecule has 0 spiro atoms. The van der Waals surface area contributed by atoms with Crippen molar-refractivity contribution in [3.8, 4) is 17.0 Å². The van der Waals surface area contributed by atoms with Gasteiger partial charge in [-0.1, -0.05) is 12.1 Å². The Bertz CT molecular complexity index is 622. The van der Waals surface area contributed by atoms with Gasteiger partial charge in [-0.3, -0.25) is 9.89 Å². The quantitative estimate of drug-likeness (QED) is 0.808. The van der Waals surface area contributed by atoms with Crippen LogP contribution >= 0.6 is 0 Å². The molecule has 0 unspecified atom stereocenters. The summed E-state index contributed by atoms with van der Waals surface area (Å²) >= 11 is 0. The van der Waals surface area contributed by atoms with E-state index in [1.165, 1.54) is 12.1 Å². The monoisotopic (exact) mass is 285 g/mol. The van der Waals surface area contributed by atoms with Gasteiger partial charge in [0.1, 0.15) is 18.0 Å². The smallest absolute Gasteiger partial charge is 0.405 e. The summed E-state index contributed by atoms with van der Waals surface area (Å²) in [6, 6.07) is 7.55. The molecule has 20 heavy (non-hydrogen) atoms. The number of rotatable bonds is 3. The molecule has 2 aromatic rings. The van der Waals surface area contributed by atoms with Crippen LogP contribution in [0.15, 0.2) is 30.3 Å². The van der Waals surface area contributed by atoms with Crippen LogP contribution < -0.4 is 5.32 Å². The molecule has 1 aromatic heterocycles. The van der Waals surface area contributed by atoms with Crippen LogP contribution in [0.1, 0.15) is 10.5 Å². The number of amides is 1. The Balaban J connectivity index is 2.13. The fourth-order valence-corrected chi connectivity index (χ4v) is 1.54. The number of alkyl halides is 3. The van der Waals surface area contributed by atoms with Crippen molar-refractivity contribution in [3.63, 3.8) is 0 Å². The number of aromatic hydroxyl groups is 1. The maximum atomic E-state index is 12.0. The summed E-state index contributed by atoms with van der Waals surface area (Å²) in [7, 11) is 0. The molecule has 0 saturated carbocycles. The Morgan fingerprint density at radius 1 is 1.35 bits per heavy atom. The number of hydrogen-bond acceptors (Lipinski definition) is 3. The molecule has 0 bridgehead atoms. The van der Waals surface area contributed by atoms with Crippen LogP contribution in [0.2, 0.25) is 0 Å². The van der Waals surface area contributed by atoms with Gasteiger partial charge in [-0.15, -0.1) is 0 Å². The lowest BCUT2D eigenvalue weighted by molar-refractivity contribution is -0.123. The number of hydrogen-bond donors (Lipinski definition) is 3. The SMILES string of the molecule is O=C(NCC(F)(F)F)c1cc(-c2ccccc2O)n[nH]1. The number of nitrogens with zero attached hydrogens (tertiary/aromatic N) is 1. The number of phenolic OH excluding ortho intramolecular Hbond substituents is 1. The molecule has 1 heterocycles. The second-order valence-electron chi connectivity index (χ2n) is 3.98. The van der Waals surface area contributed by atoms with Crippen molar-refractivity contribution in [1.29, 1.82) is 0 Å². The molecule has 0 aliphatic carbocycles. The lowest BCUT2D eigenvalue weighted by Gasteiger charge is -2.06. The molecule has 0 aliphatic rings. The van der Waals surface area contributed by atoms with E-state index < -0.39 is 18.6 Å². The van der Waals surface area contributed by atoms with Gasteiger partial charge in [0.25, 0.3) is 5.91 Å². The summed E-state index contributed by atoms with van der Waals surface area (Å²) in [5.74, 6) is -0.960. The Morgan fingerprint density at radius 3 is 2.70 bits per heavy atom. The fraction of sp³-hybridized carbons (Fsp3) is 0.167. The Kier molecular flexibility index (Phi) is 3.64. The van der Waals surface area contributed by atoms with Crippen molar-refractivity contribution in [2.24, 2.45) is 0 Å². The maximum Gasteiger partial charge on any atom is 0.405 e. The van der Waals surface area contributed by atoms with Gasteiger partial charge in [0.2, 0.25) is 0 Å². The van der Waals surface area contributed by atoms with Crippen LogP contribution in [0, 0.1) is 0 Å². The third-order valence-electron chi connectivity index (χ3n) is 2.45. The number of phenols is 1. The van der Waals surface area contributed by atoms with E-state index in [-0.39, 0.29) is 17.1 Å². The molecular weight excluding hydrogens is 275 g/mol. The summed E-state index contributed by atoms with van der Waals surface area (Å²) in [4.78, 5) is 11.5. The molecule has 0 radical (unpaired) electrons. The normalized spacial score (nSPS) is 11.3. The molecule has 8 heteroatoms. The van der Waals surface area contributed by atoms with E-state index in [1.54, 1.807) is 23.5 Å². The first-order chi connectivity index (χ1) is 9.37. The molecule has 0 atom stereocenters. The van der Waals surface area contributed by atoms with Gasteiger partial charge in [0.05, 0.1) is 5.69 Å². The molecule has 1 amide bonds. The summed E-state index contributed by atoms with van der Waals surface area (Å²) in [5, 5.41) is 17.5. The summed E-state index contributed by atoms with van der Waals surface area (Å²) in [5.41, 5.74) is 0.520. The van der Waals surface area contributed by atoms with Gasteiger partial charge in [-0.05, 0) is 18.2 Å². The first-order valence-electron chi connectivity index (χ1n) is 5.55. The Morgan fingerprint density at radius 2 is 2.05 bits per heavy atom. The second-order valence-corrected chi connectivity index (χ2v) is 3.98. The molecular formula is C12H10F3N3O2. The van der Waals surface area contributed by atoms with E-state index in [0.29, 0.717) is 5.56 Å². The average Bonchev–Trinajstić information content (AvgIpc) is 2.85. The lowest BCUT2D eigenvalue weighted by atomic mass is 10.1. The standard InChI is InChI=1S/C12H10F3N3O2/c13-12(14,15)6-16-11(20)9-5-8(17-18-9)7-3-1-2-4-10(7)19/h1-5,19H,6H2,(H,16,20)(H,17,18). The first-order valence-corrected chi connectivity index (χ1v) is 5.55. The van der Waals surface area contributed by atoms with E-state index in [4.69, 9.17) is 0 Å². The lowest BCUT2D eigenvalue weighted by Crippen LogP contribution is -2.33. The van der Waals surface area contributed by atoms with Crippen molar-refractivity contribution in [2.45, 2.75) is 6.18 Å². The molecule has 0 saturated heterocycles. The zero-order valence-corrected chi connectivity index (χ0v) is 10.0. The first kappa shape index (κ1) is 13.9. The highest BCUT2D eigenvalue weighted by molar-refractivity contribution is 5.93. The third-order valence-corrected chi connectivity index (χ3v) is 2.45. The van der Waals surface area contributed by atoms with Crippen LogP contribution in [0.3, 0.4) is 0 Å². The number of halogens is 3. The largest absolute Gasteiger partial charge is 0.507 e. The van der Waals surface area contributed by atoms with E-state index in [9.17, 15) is 23.1 Å². The Labute approximate surface area is 111 Å². The summed E-state index contributed by atoms with van der Waals surface area (Å²) < 4.78 is 35.9. The number of H-pyrrole nitrogens is 1. The van der Waals surface area contributed by atoms with Gasteiger partial charge >= 0.3 is 6.18 Å². The minimum absolute atomic E-state index is 0.0405. The number of para-hydroxylation sites is 1. The molecule has 3 N–H and O–H groups in total. The minimum atomic E-state index is -4.48. The number of benzene rings is 1. The summed E-state index contributed by atoms with van der Waals surface area (Å²) in [6.07, 6.45) is -4.48. The van der Waals surface area contributed by atoms with E-state index in [1.807, 2.05) is 0 Å². The van der Waals surface area contributed by atoms with Crippen molar-refractivity contribution < 1.29 is 23.1 Å². The van der Waals surface area contributed by atoms with Crippen molar-refractivity contribution >= 4 is 5.91 Å². The number of nitrogens with one attached hydrogen (secondary N) is 2. The number of carbonyl (C=O) groups is 1. The second kappa shape index (κ2) is 5.24. The predicted octanol–water partition coefficient (Wildman–Crippen LogP) is 2.07. The number of aromatic nitrogens is 2. The fourth-order valence-electron chi connectivity index (χ4n) is 1.54. The van der Waals surface area contributed by atoms with E-state index in [2.05, 4.69) is 10.2 Å². The molecule has 106 valence electrons. The molecule has 0 fully saturated rings. The topological polar surface area (TPSA) is 78.0 Å². The van der Waals surface area contributed by atoms with Crippen LogP contribution in [0.5, 0.6) is 5.75 Å². The highest BCUT2D eigenvalue weighted by Gasteiger charge is 2.28. The Hall–Kier alpha value is -2.51. The maximum absolute atomic E-state index is 12.0. The van der Waals surface area contributed by atoms with Crippen molar-refractivity contribution in [2.75, 3.05) is 6.54 Å². The van der Waals surface area contributed by atoms with Crippen LogP contribution in [-0.2, 0) is 0 Å². The number of aromatic amines is 1. The molecule has 2 rings (SSSR count).